The normalized spacial score (nSPS) is 11.4. The highest BCUT2D eigenvalue weighted by molar-refractivity contribution is 6.30. The molecule has 0 bridgehead atoms. The molecule has 0 spiro atoms. The maximum atomic E-state index is 11.4. The van der Waals surface area contributed by atoms with Gasteiger partial charge in [-0.3, -0.25) is 14.9 Å². The summed E-state index contributed by atoms with van der Waals surface area (Å²) in [7, 11) is 0. The van der Waals surface area contributed by atoms with E-state index in [0.29, 0.717) is 0 Å². The molecule has 0 saturated carbocycles. The number of nitriles is 1. The van der Waals surface area contributed by atoms with Crippen molar-refractivity contribution in [3.05, 3.63) is 39.4 Å². The largest absolute Gasteiger partial charge is 0.465 e. The third-order valence-corrected chi connectivity index (χ3v) is 2.69. The van der Waals surface area contributed by atoms with E-state index in [4.69, 9.17) is 21.6 Å². The maximum absolute atomic E-state index is 11.4. The highest BCUT2D eigenvalue weighted by atomic mass is 35.5. The first-order chi connectivity index (χ1) is 8.99. The smallest absolute Gasteiger partial charge is 0.324 e. The SMILES string of the molecule is CCOC(=O)C(Cl)Cc1ccc(C#N)cc1[N+](=O)[O-]. The zero-order chi connectivity index (χ0) is 14.4. The van der Waals surface area contributed by atoms with Crippen LogP contribution in [0.15, 0.2) is 18.2 Å². The van der Waals surface area contributed by atoms with Crippen molar-refractivity contribution in [1.29, 1.82) is 5.26 Å². The van der Waals surface area contributed by atoms with Gasteiger partial charge in [-0.25, -0.2) is 0 Å². The zero-order valence-corrected chi connectivity index (χ0v) is 10.9. The highest BCUT2D eigenvalue weighted by Crippen LogP contribution is 2.23. The Kier molecular flexibility index (Phi) is 5.27. The van der Waals surface area contributed by atoms with Crippen molar-refractivity contribution in [3.63, 3.8) is 0 Å². The number of esters is 1. The summed E-state index contributed by atoms with van der Waals surface area (Å²) >= 11 is 5.83. The summed E-state index contributed by atoms with van der Waals surface area (Å²) < 4.78 is 4.73. The quantitative estimate of drug-likeness (QED) is 0.357. The van der Waals surface area contributed by atoms with Crippen LogP contribution in [0.2, 0.25) is 0 Å². The fourth-order valence-electron chi connectivity index (χ4n) is 1.49. The summed E-state index contributed by atoms with van der Waals surface area (Å²) in [6, 6.07) is 5.84. The van der Waals surface area contributed by atoms with Crippen LogP contribution < -0.4 is 0 Å². The number of nitro groups is 1. The predicted octanol–water partition coefficient (Wildman–Crippen LogP) is 2.18. The van der Waals surface area contributed by atoms with Crippen molar-refractivity contribution in [1.82, 2.24) is 0 Å². The van der Waals surface area contributed by atoms with Gasteiger partial charge >= 0.3 is 5.97 Å². The first-order valence-corrected chi connectivity index (χ1v) is 5.91. The second kappa shape index (κ2) is 6.71. The molecule has 0 radical (unpaired) electrons. The lowest BCUT2D eigenvalue weighted by molar-refractivity contribution is -0.385. The van der Waals surface area contributed by atoms with E-state index in [1.807, 2.05) is 6.07 Å². The van der Waals surface area contributed by atoms with E-state index in [1.54, 1.807) is 6.92 Å². The number of halogens is 1. The minimum Gasteiger partial charge on any atom is -0.465 e. The van der Waals surface area contributed by atoms with Crippen molar-refractivity contribution in [2.75, 3.05) is 6.61 Å². The molecule has 7 heteroatoms. The molecule has 0 heterocycles. The molecule has 0 aliphatic heterocycles. The first-order valence-electron chi connectivity index (χ1n) is 5.47. The van der Waals surface area contributed by atoms with Gasteiger partial charge in [0.2, 0.25) is 0 Å². The Hall–Kier alpha value is -2.13. The highest BCUT2D eigenvalue weighted by Gasteiger charge is 2.22. The molecule has 0 N–H and O–H groups in total. The van der Waals surface area contributed by atoms with Crippen molar-refractivity contribution < 1.29 is 14.5 Å². The Balaban J connectivity index is 2.98. The molecule has 0 aliphatic carbocycles. The van der Waals surface area contributed by atoms with Gasteiger partial charge in [0.05, 0.1) is 23.2 Å². The molecular formula is C12H11ClN2O4. The summed E-state index contributed by atoms with van der Waals surface area (Å²) in [6.45, 7) is 1.84. The van der Waals surface area contributed by atoms with Crippen LogP contribution in [-0.4, -0.2) is 22.9 Å². The standard InChI is InChI=1S/C12H11ClN2O4/c1-2-19-12(16)10(13)6-9-4-3-8(7-14)5-11(9)15(17)18/h3-5,10H,2,6H2,1H3. The lowest BCUT2D eigenvalue weighted by atomic mass is 10.0. The topological polar surface area (TPSA) is 93.2 Å². The average molecular weight is 283 g/mol. The summed E-state index contributed by atoms with van der Waals surface area (Å²) in [5.74, 6) is -0.622. The molecule has 100 valence electrons. The molecule has 1 unspecified atom stereocenters. The van der Waals surface area contributed by atoms with Crippen molar-refractivity contribution in [3.8, 4) is 6.07 Å². The number of hydrogen-bond donors (Lipinski definition) is 0. The van der Waals surface area contributed by atoms with E-state index in [0.717, 1.165) is 6.07 Å². The number of ether oxygens (including phenoxy) is 1. The second-order valence-corrected chi connectivity index (χ2v) is 4.16. The Bertz CT molecular complexity index is 539. The Labute approximate surface area is 114 Å². The van der Waals surface area contributed by atoms with E-state index in [9.17, 15) is 14.9 Å². The van der Waals surface area contributed by atoms with Crippen LogP contribution in [-0.2, 0) is 16.0 Å². The van der Waals surface area contributed by atoms with Gasteiger partial charge in [-0.1, -0.05) is 6.07 Å². The molecule has 6 nitrogen and oxygen atoms in total. The Morgan fingerprint density at radius 2 is 2.32 bits per heavy atom. The molecule has 0 aliphatic rings. The number of alkyl halides is 1. The predicted molar refractivity (Wildman–Crippen MR) is 67.8 cm³/mol. The van der Waals surface area contributed by atoms with Crippen LogP contribution in [0.3, 0.4) is 0 Å². The van der Waals surface area contributed by atoms with Crippen LogP contribution in [0.1, 0.15) is 18.1 Å². The summed E-state index contributed by atoms with van der Waals surface area (Å²) in [5.41, 5.74) is 0.240. The number of rotatable bonds is 5. The fraction of sp³-hybridized carbons (Fsp3) is 0.333. The zero-order valence-electron chi connectivity index (χ0n) is 10.1. The van der Waals surface area contributed by atoms with Crippen LogP contribution in [0, 0.1) is 21.4 Å². The van der Waals surface area contributed by atoms with E-state index in [-0.39, 0.29) is 29.8 Å². The molecular weight excluding hydrogens is 272 g/mol. The van der Waals surface area contributed by atoms with Gasteiger partial charge in [0.25, 0.3) is 5.69 Å². The van der Waals surface area contributed by atoms with Crippen LogP contribution in [0.25, 0.3) is 0 Å². The molecule has 0 fully saturated rings. The lowest BCUT2D eigenvalue weighted by Gasteiger charge is -2.09. The van der Waals surface area contributed by atoms with Gasteiger partial charge < -0.3 is 4.74 Å². The monoisotopic (exact) mass is 282 g/mol. The lowest BCUT2D eigenvalue weighted by Crippen LogP contribution is -2.20. The van der Waals surface area contributed by atoms with E-state index in [2.05, 4.69) is 0 Å². The van der Waals surface area contributed by atoms with E-state index >= 15 is 0 Å². The maximum Gasteiger partial charge on any atom is 0.324 e. The van der Waals surface area contributed by atoms with Crippen molar-refractivity contribution in [2.24, 2.45) is 0 Å². The van der Waals surface area contributed by atoms with Gasteiger partial charge in [0, 0.05) is 18.1 Å². The van der Waals surface area contributed by atoms with Crippen molar-refractivity contribution >= 4 is 23.3 Å². The average Bonchev–Trinajstić information content (AvgIpc) is 2.39. The summed E-state index contributed by atoms with van der Waals surface area (Å²) in [6.07, 6.45) is -0.0254. The van der Waals surface area contributed by atoms with Crippen LogP contribution >= 0.6 is 11.6 Å². The van der Waals surface area contributed by atoms with E-state index < -0.39 is 16.3 Å². The second-order valence-electron chi connectivity index (χ2n) is 3.64. The molecule has 1 aromatic rings. The minimum absolute atomic E-state index is 0.0254. The van der Waals surface area contributed by atoms with Gasteiger partial charge in [0.1, 0.15) is 5.38 Å². The fourth-order valence-corrected chi connectivity index (χ4v) is 1.71. The molecule has 1 aromatic carbocycles. The van der Waals surface area contributed by atoms with Crippen LogP contribution in [0.5, 0.6) is 0 Å². The molecule has 19 heavy (non-hydrogen) atoms. The van der Waals surface area contributed by atoms with Gasteiger partial charge in [-0.2, -0.15) is 5.26 Å². The minimum atomic E-state index is -0.994. The number of carbonyl (C=O) groups excluding carboxylic acids is 1. The number of nitro benzene ring substituents is 1. The number of nitrogens with zero attached hydrogens (tertiary/aromatic N) is 2. The first kappa shape index (κ1) is 14.9. The Morgan fingerprint density at radius 3 is 2.84 bits per heavy atom. The molecule has 0 saturated heterocycles. The number of benzene rings is 1. The van der Waals surface area contributed by atoms with E-state index in [1.165, 1.54) is 12.1 Å². The third-order valence-electron chi connectivity index (χ3n) is 2.35. The molecule has 1 atom stereocenters. The van der Waals surface area contributed by atoms with Gasteiger partial charge in [-0.15, -0.1) is 11.6 Å². The Morgan fingerprint density at radius 1 is 1.63 bits per heavy atom. The number of hydrogen-bond acceptors (Lipinski definition) is 5. The third kappa shape index (κ3) is 3.93. The van der Waals surface area contributed by atoms with Crippen molar-refractivity contribution in [2.45, 2.75) is 18.7 Å². The summed E-state index contributed by atoms with van der Waals surface area (Å²) in [4.78, 5) is 21.7. The van der Waals surface area contributed by atoms with Gasteiger partial charge in [0.15, 0.2) is 0 Å². The molecule has 0 amide bonds. The summed E-state index contributed by atoms with van der Waals surface area (Å²) in [5, 5.41) is 18.6. The number of carbonyl (C=O) groups is 1. The molecule has 1 rings (SSSR count). The van der Waals surface area contributed by atoms with Gasteiger partial charge in [-0.05, 0) is 13.0 Å². The van der Waals surface area contributed by atoms with Crippen LogP contribution in [0.4, 0.5) is 5.69 Å². The molecule has 0 aromatic heterocycles.